The number of hydrogen-bond acceptors (Lipinski definition) is 4. The van der Waals surface area contributed by atoms with Crippen molar-refractivity contribution in [2.75, 3.05) is 22.8 Å². The Morgan fingerprint density at radius 3 is 2.85 bits per heavy atom. The summed E-state index contributed by atoms with van der Waals surface area (Å²) in [5.74, 6) is 0.631. The summed E-state index contributed by atoms with van der Waals surface area (Å²) in [4.78, 5) is 0. The van der Waals surface area contributed by atoms with Crippen LogP contribution in [0.5, 0.6) is 0 Å². The summed E-state index contributed by atoms with van der Waals surface area (Å²) < 4.78 is 3.02. The lowest BCUT2D eigenvalue weighted by Gasteiger charge is -2.05. The van der Waals surface area contributed by atoms with Crippen LogP contribution in [-0.4, -0.2) is 17.5 Å². The summed E-state index contributed by atoms with van der Waals surface area (Å²) in [5.41, 5.74) is 7.06. The lowest BCUT2D eigenvalue weighted by atomic mass is 10.3. The predicted molar refractivity (Wildman–Crippen MR) is 59.0 cm³/mol. The van der Waals surface area contributed by atoms with Crippen molar-refractivity contribution in [1.82, 2.24) is 0 Å². The van der Waals surface area contributed by atoms with Gasteiger partial charge in [0.25, 0.3) is 0 Å². The second kappa shape index (κ2) is 5.21. The van der Waals surface area contributed by atoms with Gasteiger partial charge in [0, 0.05) is 22.2 Å². The fourth-order valence-electron chi connectivity index (χ4n) is 0.851. The first-order chi connectivity index (χ1) is 6.22. The fourth-order valence-corrected chi connectivity index (χ4v) is 1.57. The Morgan fingerprint density at radius 2 is 2.23 bits per heavy atom. The van der Waals surface area contributed by atoms with Gasteiger partial charge in [-0.05, 0) is 18.2 Å². The first kappa shape index (κ1) is 10.5. The minimum Gasteiger partial charge on any atom is -0.399 e. The minimum atomic E-state index is 0.147. The Hall–Kier alpha value is -0.580. The number of halogens is 1. The topological polar surface area (TPSA) is 58.3 Å². The van der Waals surface area contributed by atoms with Crippen LogP contribution in [0.2, 0.25) is 5.02 Å². The van der Waals surface area contributed by atoms with E-state index in [0.717, 1.165) is 5.69 Å². The van der Waals surface area contributed by atoms with E-state index in [0.29, 0.717) is 16.5 Å². The molecule has 1 aromatic carbocycles. The van der Waals surface area contributed by atoms with Crippen molar-refractivity contribution in [3.8, 4) is 0 Å². The van der Waals surface area contributed by atoms with Gasteiger partial charge in [-0.2, -0.15) is 0 Å². The van der Waals surface area contributed by atoms with Crippen molar-refractivity contribution in [1.29, 1.82) is 0 Å². The number of hydrogen-bond donors (Lipinski definition) is 3. The third-order valence-electron chi connectivity index (χ3n) is 1.30. The molecule has 0 fully saturated rings. The Bertz CT molecular complexity index is 263. The molecule has 0 aliphatic rings. The third kappa shape index (κ3) is 3.76. The quantitative estimate of drug-likeness (QED) is 0.411. The summed E-state index contributed by atoms with van der Waals surface area (Å²) >= 11 is 7.19. The van der Waals surface area contributed by atoms with E-state index in [9.17, 15) is 0 Å². The van der Waals surface area contributed by atoms with Gasteiger partial charge >= 0.3 is 0 Å². The van der Waals surface area contributed by atoms with Crippen molar-refractivity contribution < 1.29 is 5.11 Å². The van der Waals surface area contributed by atoms with Crippen LogP contribution < -0.4 is 10.5 Å². The van der Waals surface area contributed by atoms with Crippen LogP contribution in [0.3, 0.4) is 0 Å². The van der Waals surface area contributed by atoms with Crippen LogP contribution in [0.1, 0.15) is 0 Å². The van der Waals surface area contributed by atoms with Crippen LogP contribution in [0.15, 0.2) is 18.2 Å². The van der Waals surface area contributed by atoms with Crippen molar-refractivity contribution in [2.24, 2.45) is 0 Å². The van der Waals surface area contributed by atoms with E-state index in [-0.39, 0.29) is 6.61 Å². The second-order valence-corrected chi connectivity index (χ2v) is 3.78. The Kier molecular flexibility index (Phi) is 4.21. The molecule has 13 heavy (non-hydrogen) atoms. The summed E-state index contributed by atoms with van der Waals surface area (Å²) in [7, 11) is 0. The second-order valence-electron chi connectivity index (χ2n) is 2.45. The van der Waals surface area contributed by atoms with E-state index < -0.39 is 0 Å². The van der Waals surface area contributed by atoms with Gasteiger partial charge in [0.05, 0.1) is 6.61 Å². The molecule has 0 aliphatic heterocycles. The predicted octanol–water partition coefficient (Wildman–Crippen LogP) is 1.97. The van der Waals surface area contributed by atoms with Gasteiger partial charge in [-0.15, -0.1) is 0 Å². The van der Waals surface area contributed by atoms with Gasteiger partial charge in [0.2, 0.25) is 0 Å². The fraction of sp³-hybridized carbons (Fsp3) is 0.250. The molecule has 0 aromatic heterocycles. The summed E-state index contributed by atoms with van der Waals surface area (Å²) in [6, 6.07) is 5.25. The van der Waals surface area contributed by atoms with Crippen LogP contribution >= 0.6 is 23.5 Å². The molecule has 3 nitrogen and oxygen atoms in total. The molecular formula is C8H11ClN2OS. The van der Waals surface area contributed by atoms with E-state index in [4.69, 9.17) is 22.4 Å². The average molecular weight is 219 g/mol. The Labute approximate surface area is 86.4 Å². The average Bonchev–Trinajstić information content (AvgIpc) is 2.03. The van der Waals surface area contributed by atoms with Crippen molar-refractivity contribution in [2.45, 2.75) is 0 Å². The van der Waals surface area contributed by atoms with Crippen LogP contribution in [0.4, 0.5) is 11.4 Å². The number of anilines is 2. The zero-order valence-electron chi connectivity index (χ0n) is 6.96. The maximum absolute atomic E-state index is 8.54. The molecule has 0 aliphatic carbocycles. The molecule has 72 valence electrons. The number of benzene rings is 1. The molecule has 0 heterocycles. The van der Waals surface area contributed by atoms with Crippen molar-refractivity contribution >= 4 is 34.9 Å². The summed E-state index contributed by atoms with van der Waals surface area (Å²) in [5, 5.41) is 9.15. The van der Waals surface area contributed by atoms with Gasteiger partial charge in [0.1, 0.15) is 0 Å². The van der Waals surface area contributed by atoms with Crippen molar-refractivity contribution in [3.63, 3.8) is 0 Å². The normalized spacial score (nSPS) is 10.0. The number of nitrogens with two attached hydrogens (primary N) is 1. The molecule has 0 radical (unpaired) electrons. The van der Waals surface area contributed by atoms with Gasteiger partial charge in [-0.25, -0.2) is 0 Å². The lowest BCUT2D eigenvalue weighted by molar-refractivity contribution is 0.322. The van der Waals surface area contributed by atoms with Gasteiger partial charge in [-0.1, -0.05) is 23.5 Å². The highest BCUT2D eigenvalue weighted by Gasteiger charge is 1.96. The zero-order valence-corrected chi connectivity index (χ0v) is 8.53. The van der Waals surface area contributed by atoms with Crippen LogP contribution in [-0.2, 0) is 0 Å². The summed E-state index contributed by atoms with van der Waals surface area (Å²) in [6.45, 7) is 0.147. The Morgan fingerprint density at radius 1 is 1.46 bits per heavy atom. The minimum absolute atomic E-state index is 0.147. The van der Waals surface area contributed by atoms with E-state index in [2.05, 4.69) is 4.72 Å². The molecule has 1 rings (SSSR count). The molecule has 0 amide bonds. The molecule has 5 heteroatoms. The maximum Gasteiger partial charge on any atom is 0.0539 e. The number of aliphatic hydroxyl groups is 1. The van der Waals surface area contributed by atoms with E-state index >= 15 is 0 Å². The van der Waals surface area contributed by atoms with E-state index in [1.54, 1.807) is 18.2 Å². The first-order valence-electron chi connectivity index (χ1n) is 3.77. The third-order valence-corrected chi connectivity index (χ3v) is 2.29. The Balaban J connectivity index is 2.56. The maximum atomic E-state index is 8.54. The van der Waals surface area contributed by atoms with E-state index in [1.165, 1.54) is 11.9 Å². The highest BCUT2D eigenvalue weighted by molar-refractivity contribution is 8.00. The lowest BCUT2D eigenvalue weighted by Crippen LogP contribution is -1.94. The molecular weight excluding hydrogens is 208 g/mol. The molecule has 0 bridgehead atoms. The molecule has 0 saturated carbocycles. The zero-order chi connectivity index (χ0) is 9.68. The molecule has 0 unspecified atom stereocenters. The SMILES string of the molecule is Nc1cc(Cl)cc(NSCCO)c1. The van der Waals surface area contributed by atoms with Crippen LogP contribution in [0, 0.1) is 0 Å². The standard InChI is InChI=1S/C8H11ClN2OS/c9-6-3-7(10)5-8(4-6)11-13-2-1-12/h3-5,11-12H,1-2,10H2. The number of nitrogen functional groups attached to an aromatic ring is 1. The van der Waals surface area contributed by atoms with Gasteiger partial charge < -0.3 is 15.6 Å². The smallest absolute Gasteiger partial charge is 0.0539 e. The molecule has 0 saturated heterocycles. The molecule has 0 atom stereocenters. The van der Waals surface area contributed by atoms with Crippen molar-refractivity contribution in [3.05, 3.63) is 23.2 Å². The first-order valence-corrected chi connectivity index (χ1v) is 5.13. The highest BCUT2D eigenvalue weighted by Crippen LogP contribution is 2.22. The van der Waals surface area contributed by atoms with Gasteiger partial charge in [-0.3, -0.25) is 0 Å². The van der Waals surface area contributed by atoms with Gasteiger partial charge in [0.15, 0.2) is 0 Å². The highest BCUT2D eigenvalue weighted by atomic mass is 35.5. The number of rotatable bonds is 4. The van der Waals surface area contributed by atoms with E-state index in [1.807, 2.05) is 0 Å². The van der Waals surface area contributed by atoms with Crippen LogP contribution in [0.25, 0.3) is 0 Å². The molecule has 0 spiro atoms. The number of aliphatic hydroxyl groups excluding tert-OH is 1. The largest absolute Gasteiger partial charge is 0.399 e. The monoisotopic (exact) mass is 218 g/mol. The summed E-state index contributed by atoms with van der Waals surface area (Å²) in [6.07, 6.45) is 0. The number of nitrogens with one attached hydrogen (secondary N) is 1. The molecule has 4 N–H and O–H groups in total. The molecule has 1 aromatic rings.